The maximum atomic E-state index is 5.29. The van der Waals surface area contributed by atoms with E-state index in [1.165, 1.54) is 50.0 Å². The van der Waals surface area contributed by atoms with E-state index in [0.717, 1.165) is 12.2 Å². The summed E-state index contributed by atoms with van der Waals surface area (Å²) in [6.45, 7) is 3.74. The second kappa shape index (κ2) is 6.44. The van der Waals surface area contributed by atoms with Gasteiger partial charge in [-0.15, -0.1) is 12.4 Å². The van der Waals surface area contributed by atoms with Gasteiger partial charge in [-0.2, -0.15) is 0 Å². The molecule has 0 spiro atoms. The van der Waals surface area contributed by atoms with Crippen molar-refractivity contribution in [3.8, 4) is 5.75 Å². The maximum absolute atomic E-state index is 5.29. The van der Waals surface area contributed by atoms with Crippen molar-refractivity contribution in [2.75, 3.05) is 26.7 Å². The Labute approximate surface area is 121 Å². The molecule has 1 aromatic rings. The molecule has 0 radical (unpaired) electrons. The highest BCUT2D eigenvalue weighted by Crippen LogP contribution is 2.28. The number of aryl methyl sites for hydroxylation is 1. The Balaban J connectivity index is 0.00000133. The van der Waals surface area contributed by atoms with Crippen molar-refractivity contribution in [2.45, 2.75) is 25.7 Å². The van der Waals surface area contributed by atoms with Crippen LogP contribution in [0.15, 0.2) is 23.8 Å². The van der Waals surface area contributed by atoms with Crippen LogP contribution in [0.3, 0.4) is 0 Å². The lowest BCUT2D eigenvalue weighted by Gasteiger charge is -2.21. The van der Waals surface area contributed by atoms with Crippen LogP contribution in [0.5, 0.6) is 5.75 Å². The minimum absolute atomic E-state index is 0. The van der Waals surface area contributed by atoms with Crippen molar-refractivity contribution in [3.63, 3.8) is 0 Å². The Morgan fingerprint density at radius 2 is 1.95 bits per heavy atom. The van der Waals surface area contributed by atoms with E-state index in [1.54, 1.807) is 12.7 Å². The second-order valence-corrected chi connectivity index (χ2v) is 5.35. The molecule has 0 atom stereocenters. The molecule has 1 heterocycles. The van der Waals surface area contributed by atoms with Crippen LogP contribution in [0.4, 0.5) is 0 Å². The van der Waals surface area contributed by atoms with E-state index in [-0.39, 0.29) is 12.4 Å². The number of nitrogens with zero attached hydrogens (tertiary/aromatic N) is 1. The van der Waals surface area contributed by atoms with Gasteiger partial charge in [-0.3, -0.25) is 4.90 Å². The Kier molecular flexibility index (Phi) is 4.89. The van der Waals surface area contributed by atoms with E-state index in [4.69, 9.17) is 4.74 Å². The number of hydrogen-bond acceptors (Lipinski definition) is 2. The lowest BCUT2D eigenvalue weighted by atomic mass is 9.92. The van der Waals surface area contributed by atoms with Gasteiger partial charge in [-0.1, -0.05) is 17.7 Å². The molecule has 1 aliphatic heterocycles. The van der Waals surface area contributed by atoms with E-state index in [0.29, 0.717) is 0 Å². The summed E-state index contributed by atoms with van der Waals surface area (Å²) in [7, 11) is 1.74. The summed E-state index contributed by atoms with van der Waals surface area (Å²) < 4.78 is 5.29. The Bertz CT molecular complexity index is 464. The normalized spacial score (nSPS) is 18.5. The van der Waals surface area contributed by atoms with E-state index in [9.17, 15) is 0 Å². The minimum Gasteiger partial charge on any atom is -0.497 e. The van der Waals surface area contributed by atoms with E-state index in [2.05, 4.69) is 29.2 Å². The van der Waals surface area contributed by atoms with Crippen LogP contribution >= 0.6 is 12.4 Å². The predicted octanol–water partition coefficient (Wildman–Crippen LogP) is 3.54. The molecule has 0 saturated carbocycles. The molecule has 2 nitrogen and oxygen atoms in total. The second-order valence-electron chi connectivity index (χ2n) is 5.35. The number of likely N-dealkylation sites (tertiary alicyclic amines) is 1. The number of halogens is 1. The lowest BCUT2D eigenvalue weighted by Crippen LogP contribution is -2.22. The van der Waals surface area contributed by atoms with Crippen molar-refractivity contribution in [3.05, 3.63) is 34.9 Å². The zero-order chi connectivity index (χ0) is 12.4. The number of rotatable bonds is 3. The topological polar surface area (TPSA) is 12.5 Å². The quantitative estimate of drug-likeness (QED) is 0.839. The molecule has 0 N–H and O–H groups in total. The monoisotopic (exact) mass is 279 g/mol. The van der Waals surface area contributed by atoms with Gasteiger partial charge in [0.1, 0.15) is 5.75 Å². The molecular formula is C16H22ClNO. The van der Waals surface area contributed by atoms with Crippen LogP contribution in [0.1, 0.15) is 30.4 Å². The van der Waals surface area contributed by atoms with Crippen LogP contribution in [0.25, 0.3) is 6.08 Å². The van der Waals surface area contributed by atoms with Crippen molar-refractivity contribution in [2.24, 2.45) is 0 Å². The molecule has 0 aromatic heterocycles. The summed E-state index contributed by atoms with van der Waals surface area (Å²) in [6, 6.07) is 6.43. The smallest absolute Gasteiger partial charge is 0.119 e. The first-order chi connectivity index (χ1) is 8.85. The third kappa shape index (κ3) is 3.31. The molecule has 3 heteroatoms. The highest BCUT2D eigenvalue weighted by Gasteiger charge is 2.16. The molecule has 2 aliphatic rings. The maximum Gasteiger partial charge on any atom is 0.119 e. The van der Waals surface area contributed by atoms with Gasteiger partial charge in [0.2, 0.25) is 0 Å². The van der Waals surface area contributed by atoms with Crippen molar-refractivity contribution >= 4 is 18.5 Å². The van der Waals surface area contributed by atoms with Crippen molar-refractivity contribution in [1.29, 1.82) is 0 Å². The van der Waals surface area contributed by atoms with Gasteiger partial charge >= 0.3 is 0 Å². The van der Waals surface area contributed by atoms with Gasteiger partial charge in [0.05, 0.1) is 7.11 Å². The van der Waals surface area contributed by atoms with E-state index < -0.39 is 0 Å². The number of methoxy groups -OCH3 is 1. The van der Waals surface area contributed by atoms with Crippen LogP contribution in [0.2, 0.25) is 0 Å². The van der Waals surface area contributed by atoms with Crippen molar-refractivity contribution in [1.82, 2.24) is 4.90 Å². The molecule has 19 heavy (non-hydrogen) atoms. The Morgan fingerprint density at radius 1 is 1.16 bits per heavy atom. The Hall–Kier alpha value is -0.990. The first-order valence-electron chi connectivity index (χ1n) is 6.94. The molecule has 0 bridgehead atoms. The standard InChI is InChI=1S/C16H21NO.ClH/c1-18-16-7-6-14-10-13(4-5-15(14)11-16)12-17-8-2-3-9-17;/h6-7,10-11H,2-5,8-9,12H2,1H3;1H. The Morgan fingerprint density at radius 3 is 2.68 bits per heavy atom. The average molecular weight is 280 g/mol. The van der Waals surface area contributed by atoms with Gasteiger partial charge in [-0.25, -0.2) is 0 Å². The summed E-state index contributed by atoms with van der Waals surface area (Å²) in [5.74, 6) is 0.977. The fourth-order valence-corrected chi connectivity index (χ4v) is 3.01. The fourth-order valence-electron chi connectivity index (χ4n) is 3.01. The molecule has 3 rings (SSSR count). The molecule has 1 fully saturated rings. The summed E-state index contributed by atoms with van der Waals surface area (Å²) >= 11 is 0. The molecule has 1 aromatic carbocycles. The molecule has 0 amide bonds. The number of hydrogen-bond donors (Lipinski definition) is 0. The summed E-state index contributed by atoms with van der Waals surface area (Å²) in [5.41, 5.74) is 4.41. The average Bonchev–Trinajstić information content (AvgIpc) is 2.91. The van der Waals surface area contributed by atoms with E-state index >= 15 is 0 Å². The van der Waals surface area contributed by atoms with Gasteiger partial charge in [-0.05, 0) is 62.0 Å². The largest absolute Gasteiger partial charge is 0.497 e. The molecule has 0 unspecified atom stereocenters. The third-order valence-electron chi connectivity index (χ3n) is 4.05. The number of fused-ring (bicyclic) bond motifs is 1. The predicted molar refractivity (Wildman–Crippen MR) is 82.2 cm³/mol. The van der Waals surface area contributed by atoms with Gasteiger partial charge in [0.15, 0.2) is 0 Å². The van der Waals surface area contributed by atoms with Crippen LogP contribution in [0, 0.1) is 0 Å². The highest BCUT2D eigenvalue weighted by molar-refractivity contribution is 5.85. The number of benzene rings is 1. The fraction of sp³-hybridized carbons (Fsp3) is 0.500. The SMILES string of the molecule is COc1ccc2c(c1)CCC(CN1CCCC1)=C2.Cl. The molecule has 1 saturated heterocycles. The van der Waals surface area contributed by atoms with Crippen LogP contribution in [-0.2, 0) is 6.42 Å². The summed E-state index contributed by atoms with van der Waals surface area (Å²) in [4.78, 5) is 2.58. The highest BCUT2D eigenvalue weighted by atomic mass is 35.5. The zero-order valence-electron chi connectivity index (χ0n) is 11.5. The van der Waals surface area contributed by atoms with Gasteiger partial charge in [0, 0.05) is 6.54 Å². The van der Waals surface area contributed by atoms with Gasteiger partial charge < -0.3 is 4.74 Å². The first-order valence-corrected chi connectivity index (χ1v) is 6.94. The lowest BCUT2D eigenvalue weighted by molar-refractivity contribution is 0.365. The molecule has 1 aliphatic carbocycles. The van der Waals surface area contributed by atoms with Crippen LogP contribution in [-0.4, -0.2) is 31.6 Å². The zero-order valence-corrected chi connectivity index (χ0v) is 12.3. The summed E-state index contributed by atoms with van der Waals surface area (Å²) in [5, 5.41) is 0. The minimum atomic E-state index is 0. The van der Waals surface area contributed by atoms with Gasteiger partial charge in [0.25, 0.3) is 0 Å². The number of ether oxygens (including phenoxy) is 1. The van der Waals surface area contributed by atoms with Crippen molar-refractivity contribution < 1.29 is 4.74 Å². The van der Waals surface area contributed by atoms with E-state index in [1.807, 2.05) is 0 Å². The first kappa shape index (κ1) is 14.4. The molecular weight excluding hydrogens is 258 g/mol. The third-order valence-corrected chi connectivity index (χ3v) is 4.05. The molecule has 104 valence electrons. The summed E-state index contributed by atoms with van der Waals surface area (Å²) in [6.07, 6.45) is 7.50. The van der Waals surface area contributed by atoms with Crippen LogP contribution < -0.4 is 4.74 Å².